The molecule has 1 aliphatic rings. The number of benzene rings is 3. The molecule has 38 heavy (non-hydrogen) atoms. The number of hydrogen-bond acceptors (Lipinski definition) is 7. The van der Waals surface area contributed by atoms with E-state index < -0.39 is 38.8 Å². The third kappa shape index (κ3) is 4.53. The van der Waals surface area contributed by atoms with Gasteiger partial charge in [0.1, 0.15) is 27.7 Å². The number of ether oxygens (including phenoxy) is 1. The van der Waals surface area contributed by atoms with Crippen molar-refractivity contribution in [2.75, 3.05) is 12.4 Å². The Balaban J connectivity index is 1.73. The number of aromatic nitrogens is 2. The molecule has 2 atom stereocenters. The van der Waals surface area contributed by atoms with Gasteiger partial charge < -0.3 is 19.9 Å². The summed E-state index contributed by atoms with van der Waals surface area (Å²) in [5.41, 5.74) is 2.35. The van der Waals surface area contributed by atoms with Gasteiger partial charge in [0.25, 0.3) is 5.91 Å². The van der Waals surface area contributed by atoms with Gasteiger partial charge in [-0.3, -0.25) is 9.59 Å². The van der Waals surface area contributed by atoms with Crippen LogP contribution < -0.4 is 15.4 Å². The zero-order valence-corrected chi connectivity index (χ0v) is 21.2. The maximum atomic E-state index is 13.6. The molecular weight excluding hydrogens is 508 g/mol. The number of nitrogens with zero attached hydrogens (tertiary/aromatic N) is 2. The molecule has 0 bridgehead atoms. The number of nitrogens with one attached hydrogen (secondary N) is 2. The summed E-state index contributed by atoms with van der Waals surface area (Å²) in [5.74, 6) is -1.36. The molecular formula is C27H23N4O6S-. The van der Waals surface area contributed by atoms with E-state index in [0.717, 1.165) is 6.07 Å². The Hall–Kier alpha value is -4.48. The normalized spacial score (nSPS) is 16.9. The van der Waals surface area contributed by atoms with Crippen molar-refractivity contribution < 1.29 is 27.3 Å². The zero-order valence-electron chi connectivity index (χ0n) is 20.4. The van der Waals surface area contributed by atoms with Crippen LogP contribution in [0.15, 0.2) is 83.8 Å². The molecule has 3 aromatic carbocycles. The predicted molar refractivity (Wildman–Crippen MR) is 137 cm³/mol. The summed E-state index contributed by atoms with van der Waals surface area (Å²) in [4.78, 5) is 26.3. The maximum Gasteiger partial charge on any atom is 0.251 e. The highest BCUT2D eigenvalue weighted by molar-refractivity contribution is 7.85. The Kier molecular flexibility index (Phi) is 6.47. The summed E-state index contributed by atoms with van der Waals surface area (Å²) in [5, 5.41) is 10.3. The molecule has 10 nitrogen and oxygen atoms in total. The van der Waals surface area contributed by atoms with E-state index in [0.29, 0.717) is 28.3 Å². The fourth-order valence-electron chi connectivity index (χ4n) is 4.71. The third-order valence-corrected chi connectivity index (χ3v) is 7.25. The minimum Gasteiger partial charge on any atom is -0.744 e. The van der Waals surface area contributed by atoms with E-state index in [-0.39, 0.29) is 11.3 Å². The van der Waals surface area contributed by atoms with Crippen molar-refractivity contribution in [3.05, 3.63) is 101 Å². The van der Waals surface area contributed by atoms with Crippen molar-refractivity contribution >= 4 is 27.8 Å². The number of methoxy groups -OCH3 is 1. The molecule has 2 heterocycles. The fourth-order valence-corrected chi connectivity index (χ4v) is 5.22. The quantitative estimate of drug-likeness (QED) is 0.364. The molecule has 0 fully saturated rings. The van der Waals surface area contributed by atoms with Crippen LogP contribution >= 0.6 is 0 Å². The van der Waals surface area contributed by atoms with Crippen molar-refractivity contribution in [2.45, 2.75) is 23.8 Å². The lowest BCUT2D eigenvalue weighted by Crippen LogP contribution is -2.50. The Morgan fingerprint density at radius 3 is 2.34 bits per heavy atom. The SMILES string of the molecule is COc1ccc(S(=O)(=O)[O-])cc1[C@H]1c2c(C)nn(-c3ccccc3)c2NC(=O)[C@H]1NC(=O)c1ccccc1. The second-order valence-electron chi connectivity index (χ2n) is 8.74. The van der Waals surface area contributed by atoms with E-state index in [1.54, 1.807) is 41.9 Å². The van der Waals surface area contributed by atoms with E-state index in [1.165, 1.54) is 19.2 Å². The number of anilines is 1. The van der Waals surface area contributed by atoms with Gasteiger partial charge in [0, 0.05) is 22.6 Å². The molecule has 11 heteroatoms. The van der Waals surface area contributed by atoms with Crippen LogP contribution in [0.4, 0.5) is 5.82 Å². The average molecular weight is 532 g/mol. The van der Waals surface area contributed by atoms with E-state index in [1.807, 2.05) is 30.3 Å². The van der Waals surface area contributed by atoms with Crippen molar-refractivity contribution in [2.24, 2.45) is 0 Å². The van der Waals surface area contributed by atoms with E-state index in [9.17, 15) is 22.6 Å². The van der Waals surface area contributed by atoms with Crippen molar-refractivity contribution in [3.8, 4) is 11.4 Å². The van der Waals surface area contributed by atoms with Gasteiger partial charge in [-0.2, -0.15) is 5.10 Å². The summed E-state index contributed by atoms with van der Waals surface area (Å²) in [6, 6.07) is 20.1. The standard InChI is InChI=1S/C27H24N4O6S/c1-16-22-23(20-15-19(38(34,35)36)13-14-21(20)37-2)24(28-26(32)17-9-5-3-6-10-17)27(33)29-25(22)31(30-16)18-11-7-4-8-12-18/h3-15,23-24H,1-2H3,(H,28,32)(H,29,33)(H,34,35,36)/p-1/t23-,24-/m0/s1. The molecule has 0 saturated heterocycles. The lowest BCUT2D eigenvalue weighted by molar-refractivity contribution is -0.118. The summed E-state index contributed by atoms with van der Waals surface area (Å²) >= 11 is 0. The summed E-state index contributed by atoms with van der Waals surface area (Å²) in [7, 11) is -3.43. The number of para-hydroxylation sites is 1. The van der Waals surface area contributed by atoms with E-state index >= 15 is 0 Å². The number of carbonyl (C=O) groups is 2. The van der Waals surface area contributed by atoms with Crippen LogP contribution in [0.5, 0.6) is 5.75 Å². The Morgan fingerprint density at radius 2 is 1.71 bits per heavy atom. The summed E-state index contributed by atoms with van der Waals surface area (Å²) in [6.07, 6.45) is 0. The molecule has 0 radical (unpaired) electrons. The highest BCUT2D eigenvalue weighted by Gasteiger charge is 2.43. The zero-order chi connectivity index (χ0) is 27.0. The smallest absolute Gasteiger partial charge is 0.251 e. The molecule has 0 saturated carbocycles. The van der Waals surface area contributed by atoms with Crippen LogP contribution in [-0.4, -0.2) is 47.7 Å². The highest BCUT2D eigenvalue weighted by atomic mass is 32.2. The molecule has 1 aliphatic heterocycles. The first-order valence-electron chi connectivity index (χ1n) is 11.6. The molecule has 2 N–H and O–H groups in total. The Labute approximate surface area is 219 Å². The van der Waals surface area contributed by atoms with Crippen LogP contribution in [-0.2, 0) is 14.9 Å². The van der Waals surface area contributed by atoms with Crippen LogP contribution in [0.1, 0.15) is 33.1 Å². The fraction of sp³-hybridized carbons (Fsp3) is 0.148. The van der Waals surface area contributed by atoms with Crippen LogP contribution in [0.3, 0.4) is 0 Å². The van der Waals surface area contributed by atoms with Gasteiger partial charge in [0.15, 0.2) is 0 Å². The maximum absolute atomic E-state index is 13.6. The van der Waals surface area contributed by atoms with Gasteiger partial charge in [0.05, 0.1) is 23.4 Å². The number of carbonyl (C=O) groups excluding carboxylic acids is 2. The van der Waals surface area contributed by atoms with Crippen molar-refractivity contribution in [1.29, 1.82) is 0 Å². The van der Waals surface area contributed by atoms with Gasteiger partial charge >= 0.3 is 0 Å². The Bertz CT molecular complexity index is 1640. The Morgan fingerprint density at radius 1 is 1.05 bits per heavy atom. The van der Waals surface area contributed by atoms with Crippen LogP contribution in [0, 0.1) is 6.92 Å². The van der Waals surface area contributed by atoms with E-state index in [4.69, 9.17) is 4.74 Å². The number of amides is 2. The average Bonchev–Trinajstić information content (AvgIpc) is 3.24. The largest absolute Gasteiger partial charge is 0.744 e. The number of rotatable bonds is 6. The van der Waals surface area contributed by atoms with Gasteiger partial charge in [-0.15, -0.1) is 0 Å². The minimum atomic E-state index is -4.83. The van der Waals surface area contributed by atoms with Gasteiger partial charge in [-0.1, -0.05) is 36.4 Å². The molecule has 1 aromatic heterocycles. The van der Waals surface area contributed by atoms with Crippen molar-refractivity contribution in [1.82, 2.24) is 15.1 Å². The first kappa shape index (κ1) is 25.2. The van der Waals surface area contributed by atoms with Crippen molar-refractivity contribution in [3.63, 3.8) is 0 Å². The number of hydrogen-bond donors (Lipinski definition) is 2. The molecule has 0 unspecified atom stereocenters. The third-order valence-electron chi connectivity index (χ3n) is 6.42. The lowest BCUT2D eigenvalue weighted by Gasteiger charge is -2.33. The highest BCUT2D eigenvalue weighted by Crippen LogP contribution is 2.44. The topological polar surface area (TPSA) is 142 Å². The monoisotopic (exact) mass is 531 g/mol. The first-order valence-corrected chi connectivity index (χ1v) is 13.1. The molecule has 5 rings (SSSR count). The lowest BCUT2D eigenvalue weighted by atomic mass is 9.81. The first-order chi connectivity index (χ1) is 18.2. The molecule has 0 aliphatic carbocycles. The number of aryl methyl sites for hydroxylation is 1. The molecule has 2 amide bonds. The molecule has 194 valence electrons. The van der Waals surface area contributed by atoms with Gasteiger partial charge in [0.2, 0.25) is 5.91 Å². The second-order valence-corrected chi connectivity index (χ2v) is 10.1. The minimum absolute atomic E-state index is 0.244. The second kappa shape index (κ2) is 9.77. The summed E-state index contributed by atoms with van der Waals surface area (Å²) in [6.45, 7) is 1.75. The van der Waals surface area contributed by atoms with Crippen LogP contribution in [0.2, 0.25) is 0 Å². The van der Waals surface area contributed by atoms with Gasteiger partial charge in [-0.25, -0.2) is 13.1 Å². The predicted octanol–water partition coefficient (Wildman–Crippen LogP) is 2.98. The van der Waals surface area contributed by atoms with Gasteiger partial charge in [-0.05, 0) is 49.4 Å². The van der Waals surface area contributed by atoms with Crippen LogP contribution in [0.25, 0.3) is 5.69 Å². The van der Waals surface area contributed by atoms with E-state index in [2.05, 4.69) is 15.7 Å². The number of fused-ring (bicyclic) bond motifs is 1. The summed E-state index contributed by atoms with van der Waals surface area (Å²) < 4.78 is 42.8. The molecule has 0 spiro atoms. The molecule has 4 aromatic rings.